The standard InChI is InChI=1S/C18H18FN5O3S/c1-12(13-3-5-14(6-4-13)24-11-21-10-22-24)23-18(25)16-9-15(7-8-17(16)19)28(26,27)20-2/h3-12,20H,1-2H3,(H,23,25). The molecule has 0 radical (unpaired) electrons. The number of rotatable bonds is 6. The molecule has 0 spiro atoms. The monoisotopic (exact) mass is 403 g/mol. The van der Waals surface area contributed by atoms with Crippen LogP contribution in [0.2, 0.25) is 0 Å². The predicted molar refractivity (Wildman–Crippen MR) is 99.9 cm³/mol. The quantitative estimate of drug-likeness (QED) is 0.653. The Morgan fingerprint density at radius 1 is 1.18 bits per heavy atom. The van der Waals surface area contributed by atoms with Crippen molar-refractivity contribution in [1.82, 2.24) is 24.8 Å². The van der Waals surface area contributed by atoms with Crippen molar-refractivity contribution in [2.45, 2.75) is 17.9 Å². The summed E-state index contributed by atoms with van der Waals surface area (Å²) >= 11 is 0. The Labute approximate surface area is 161 Å². The van der Waals surface area contributed by atoms with Crippen LogP contribution in [0.1, 0.15) is 28.9 Å². The van der Waals surface area contributed by atoms with Crippen molar-refractivity contribution in [2.75, 3.05) is 7.05 Å². The molecule has 1 atom stereocenters. The smallest absolute Gasteiger partial charge is 0.254 e. The van der Waals surface area contributed by atoms with Crippen molar-refractivity contribution < 1.29 is 17.6 Å². The van der Waals surface area contributed by atoms with Crippen molar-refractivity contribution in [2.24, 2.45) is 0 Å². The molecule has 1 heterocycles. The Balaban J connectivity index is 1.78. The van der Waals surface area contributed by atoms with Crippen LogP contribution in [-0.4, -0.2) is 36.1 Å². The van der Waals surface area contributed by atoms with Crippen LogP contribution in [0.5, 0.6) is 0 Å². The zero-order valence-corrected chi connectivity index (χ0v) is 15.9. The zero-order chi connectivity index (χ0) is 20.3. The topological polar surface area (TPSA) is 106 Å². The van der Waals surface area contributed by atoms with E-state index in [0.29, 0.717) is 0 Å². The second-order valence-electron chi connectivity index (χ2n) is 5.98. The third-order valence-corrected chi connectivity index (χ3v) is 5.60. The summed E-state index contributed by atoms with van der Waals surface area (Å²) in [6.45, 7) is 1.74. The fourth-order valence-electron chi connectivity index (χ4n) is 2.58. The Morgan fingerprint density at radius 2 is 1.89 bits per heavy atom. The van der Waals surface area contributed by atoms with Gasteiger partial charge in [-0.2, -0.15) is 5.10 Å². The lowest BCUT2D eigenvalue weighted by Gasteiger charge is -2.16. The summed E-state index contributed by atoms with van der Waals surface area (Å²) in [7, 11) is -2.55. The van der Waals surface area contributed by atoms with Crippen LogP contribution in [0.3, 0.4) is 0 Å². The van der Waals surface area contributed by atoms with Crippen LogP contribution in [0, 0.1) is 5.82 Å². The zero-order valence-electron chi connectivity index (χ0n) is 15.1. The third kappa shape index (κ3) is 4.07. The van der Waals surface area contributed by atoms with Crippen molar-refractivity contribution in [1.29, 1.82) is 0 Å². The number of sulfonamides is 1. The number of aromatic nitrogens is 3. The second kappa shape index (κ2) is 7.87. The number of hydrogen-bond acceptors (Lipinski definition) is 5. The average molecular weight is 403 g/mol. The molecule has 2 N–H and O–H groups in total. The molecule has 0 aliphatic heterocycles. The van der Waals surface area contributed by atoms with Crippen LogP contribution in [0.4, 0.5) is 4.39 Å². The summed E-state index contributed by atoms with van der Waals surface area (Å²) in [5, 5.41) is 6.71. The molecule has 0 bridgehead atoms. The minimum absolute atomic E-state index is 0.189. The minimum atomic E-state index is -3.79. The maximum Gasteiger partial charge on any atom is 0.254 e. The molecule has 0 fully saturated rings. The van der Waals surface area contributed by atoms with Crippen LogP contribution >= 0.6 is 0 Å². The van der Waals surface area contributed by atoms with E-state index in [0.717, 1.165) is 29.4 Å². The fraction of sp³-hybridized carbons (Fsp3) is 0.167. The molecular formula is C18H18FN5O3S. The van der Waals surface area contributed by atoms with Gasteiger partial charge < -0.3 is 5.32 Å². The van der Waals surface area contributed by atoms with Gasteiger partial charge in [0.1, 0.15) is 18.5 Å². The first-order chi connectivity index (χ1) is 13.3. The van der Waals surface area contributed by atoms with E-state index in [-0.39, 0.29) is 10.5 Å². The highest BCUT2D eigenvalue weighted by molar-refractivity contribution is 7.89. The van der Waals surface area contributed by atoms with Gasteiger partial charge in [-0.05, 0) is 49.9 Å². The van der Waals surface area contributed by atoms with E-state index in [2.05, 4.69) is 20.1 Å². The molecule has 28 heavy (non-hydrogen) atoms. The highest BCUT2D eigenvalue weighted by atomic mass is 32.2. The number of halogens is 1. The van der Waals surface area contributed by atoms with Gasteiger partial charge in [0.25, 0.3) is 5.91 Å². The highest BCUT2D eigenvalue weighted by Gasteiger charge is 2.20. The van der Waals surface area contributed by atoms with Crippen LogP contribution in [-0.2, 0) is 10.0 Å². The maximum atomic E-state index is 14.1. The van der Waals surface area contributed by atoms with Gasteiger partial charge in [0.2, 0.25) is 10.0 Å². The molecule has 0 aliphatic carbocycles. The SMILES string of the molecule is CNS(=O)(=O)c1ccc(F)c(C(=O)NC(C)c2ccc(-n3cncn3)cc2)c1. The molecule has 3 rings (SSSR count). The summed E-state index contributed by atoms with van der Waals surface area (Å²) in [5.41, 5.74) is 1.25. The Hall–Kier alpha value is -3.11. The maximum absolute atomic E-state index is 14.1. The summed E-state index contributed by atoms with van der Waals surface area (Å²) in [5.74, 6) is -1.51. The van der Waals surface area contributed by atoms with E-state index < -0.39 is 27.8 Å². The van der Waals surface area contributed by atoms with E-state index in [4.69, 9.17) is 0 Å². The molecule has 0 saturated heterocycles. The highest BCUT2D eigenvalue weighted by Crippen LogP contribution is 2.18. The molecule has 0 saturated carbocycles. The molecule has 0 aliphatic rings. The largest absolute Gasteiger partial charge is 0.345 e. The van der Waals surface area contributed by atoms with Gasteiger partial charge in [-0.25, -0.2) is 27.2 Å². The van der Waals surface area contributed by atoms with Crippen molar-refractivity contribution in [3.05, 3.63) is 72.1 Å². The van der Waals surface area contributed by atoms with Crippen LogP contribution in [0.15, 0.2) is 60.0 Å². The first-order valence-corrected chi connectivity index (χ1v) is 9.79. The fourth-order valence-corrected chi connectivity index (χ4v) is 3.33. The summed E-state index contributed by atoms with van der Waals surface area (Å²) in [6.07, 6.45) is 2.99. The van der Waals surface area contributed by atoms with E-state index >= 15 is 0 Å². The summed E-state index contributed by atoms with van der Waals surface area (Å²) in [4.78, 5) is 16.2. The van der Waals surface area contributed by atoms with Gasteiger partial charge in [0.05, 0.1) is 22.2 Å². The Kier molecular flexibility index (Phi) is 5.52. The molecular weight excluding hydrogens is 385 g/mol. The lowest BCUT2D eigenvalue weighted by molar-refractivity contribution is 0.0935. The third-order valence-electron chi connectivity index (χ3n) is 4.19. The Bertz CT molecular complexity index is 1080. The lowest BCUT2D eigenvalue weighted by Crippen LogP contribution is -2.28. The molecule has 146 valence electrons. The van der Waals surface area contributed by atoms with Gasteiger partial charge in [-0.3, -0.25) is 4.79 Å². The normalized spacial score (nSPS) is 12.5. The van der Waals surface area contributed by atoms with E-state index in [1.165, 1.54) is 13.4 Å². The van der Waals surface area contributed by atoms with Gasteiger partial charge in [0.15, 0.2) is 0 Å². The molecule has 3 aromatic rings. The number of hydrogen-bond donors (Lipinski definition) is 2. The Morgan fingerprint density at radius 3 is 2.50 bits per heavy atom. The molecule has 1 aromatic heterocycles. The number of nitrogens with zero attached hydrogens (tertiary/aromatic N) is 3. The van der Waals surface area contributed by atoms with Crippen LogP contribution in [0.25, 0.3) is 5.69 Å². The minimum Gasteiger partial charge on any atom is -0.345 e. The van der Waals surface area contributed by atoms with E-state index in [9.17, 15) is 17.6 Å². The van der Waals surface area contributed by atoms with Gasteiger partial charge in [-0.15, -0.1) is 0 Å². The molecule has 8 nitrogen and oxygen atoms in total. The van der Waals surface area contributed by atoms with E-state index in [1.807, 2.05) is 12.1 Å². The lowest BCUT2D eigenvalue weighted by atomic mass is 10.1. The van der Waals surface area contributed by atoms with Crippen molar-refractivity contribution >= 4 is 15.9 Å². The summed E-state index contributed by atoms with van der Waals surface area (Å²) in [6, 6.07) is 9.88. The van der Waals surface area contributed by atoms with Crippen molar-refractivity contribution in [3.63, 3.8) is 0 Å². The van der Waals surface area contributed by atoms with Gasteiger partial charge in [-0.1, -0.05) is 12.1 Å². The van der Waals surface area contributed by atoms with Gasteiger partial charge >= 0.3 is 0 Å². The van der Waals surface area contributed by atoms with Crippen molar-refractivity contribution in [3.8, 4) is 5.69 Å². The molecule has 1 unspecified atom stereocenters. The van der Waals surface area contributed by atoms with E-state index in [1.54, 1.807) is 30.1 Å². The number of benzene rings is 2. The first-order valence-electron chi connectivity index (χ1n) is 8.31. The average Bonchev–Trinajstić information content (AvgIpc) is 3.23. The molecule has 2 aromatic carbocycles. The van der Waals surface area contributed by atoms with Gasteiger partial charge in [0, 0.05) is 0 Å². The predicted octanol–water partition coefficient (Wildman–Crippen LogP) is 1.81. The number of carbonyl (C=O) groups is 1. The summed E-state index contributed by atoms with van der Waals surface area (Å²) < 4.78 is 41.6. The molecule has 10 heteroatoms. The molecule has 1 amide bonds. The second-order valence-corrected chi connectivity index (χ2v) is 7.86. The first kappa shape index (κ1) is 19.6. The van der Waals surface area contributed by atoms with Crippen LogP contribution < -0.4 is 10.0 Å². The number of carbonyl (C=O) groups excluding carboxylic acids is 1. The number of nitrogens with one attached hydrogen (secondary N) is 2. The number of amides is 1.